The molecule has 1 aromatic carbocycles. The van der Waals surface area contributed by atoms with Crippen LogP contribution in [0.25, 0.3) is 0 Å². The Morgan fingerprint density at radius 2 is 2.10 bits per heavy atom. The second-order valence-electron chi connectivity index (χ2n) is 6.42. The smallest absolute Gasteiger partial charge is 0.127 e. The van der Waals surface area contributed by atoms with Gasteiger partial charge in [0.05, 0.1) is 6.10 Å². The van der Waals surface area contributed by atoms with Crippen LogP contribution in [0.15, 0.2) is 22.7 Å². The van der Waals surface area contributed by atoms with E-state index in [2.05, 4.69) is 22.9 Å². The molecule has 1 aliphatic carbocycles. The van der Waals surface area contributed by atoms with Crippen molar-refractivity contribution in [2.45, 2.75) is 63.6 Å². The van der Waals surface area contributed by atoms with Crippen LogP contribution in [0.3, 0.4) is 0 Å². The number of hydrogen-bond acceptors (Lipinski definition) is 2. The normalized spacial score (nSPS) is 32.8. The van der Waals surface area contributed by atoms with E-state index in [0.29, 0.717) is 0 Å². The summed E-state index contributed by atoms with van der Waals surface area (Å²) in [6.07, 6.45) is 7.63. The summed E-state index contributed by atoms with van der Waals surface area (Å²) in [6, 6.07) is 5.94. The molecule has 1 aliphatic heterocycles. The van der Waals surface area contributed by atoms with Crippen molar-refractivity contribution in [3.05, 3.63) is 28.2 Å². The van der Waals surface area contributed by atoms with Crippen LogP contribution in [0.2, 0.25) is 0 Å². The van der Waals surface area contributed by atoms with Crippen molar-refractivity contribution in [3.63, 3.8) is 0 Å². The fourth-order valence-electron chi connectivity index (χ4n) is 3.82. The first-order valence-corrected chi connectivity index (χ1v) is 8.58. The van der Waals surface area contributed by atoms with Gasteiger partial charge in [0.2, 0.25) is 0 Å². The van der Waals surface area contributed by atoms with E-state index in [4.69, 9.17) is 4.74 Å². The lowest BCUT2D eigenvalue weighted by Crippen LogP contribution is -2.44. The Morgan fingerprint density at radius 3 is 2.80 bits per heavy atom. The van der Waals surface area contributed by atoms with Crippen LogP contribution in [-0.2, 0) is 0 Å². The largest absolute Gasteiger partial charge is 0.487 e. The van der Waals surface area contributed by atoms with E-state index in [1.807, 2.05) is 18.2 Å². The molecule has 3 rings (SSSR count). The number of aliphatic hydroxyl groups excluding tert-OH is 1. The fraction of sp³-hybridized carbons (Fsp3) is 0.647. The highest BCUT2D eigenvalue weighted by molar-refractivity contribution is 9.10. The van der Waals surface area contributed by atoms with Gasteiger partial charge in [0.1, 0.15) is 11.4 Å². The van der Waals surface area contributed by atoms with Crippen molar-refractivity contribution in [1.82, 2.24) is 0 Å². The minimum absolute atomic E-state index is 0.128. The van der Waals surface area contributed by atoms with Gasteiger partial charge in [0.25, 0.3) is 0 Å². The maximum atomic E-state index is 10.4. The Hall–Kier alpha value is -0.540. The van der Waals surface area contributed by atoms with E-state index in [0.717, 1.165) is 41.0 Å². The van der Waals surface area contributed by atoms with Crippen LogP contribution in [0, 0.1) is 5.92 Å². The van der Waals surface area contributed by atoms with E-state index in [1.54, 1.807) is 0 Å². The van der Waals surface area contributed by atoms with Crippen molar-refractivity contribution in [2.75, 3.05) is 0 Å². The molecule has 2 aliphatic rings. The second-order valence-corrected chi connectivity index (χ2v) is 7.33. The molecule has 110 valence electrons. The summed E-state index contributed by atoms with van der Waals surface area (Å²) in [6.45, 7) is 2.26. The third-order valence-corrected chi connectivity index (χ3v) is 5.43. The third-order valence-electron chi connectivity index (χ3n) is 4.94. The summed E-state index contributed by atoms with van der Waals surface area (Å²) in [5.74, 6) is 1.72. The first-order chi connectivity index (χ1) is 9.62. The number of benzene rings is 1. The first-order valence-electron chi connectivity index (χ1n) is 7.78. The molecule has 0 aromatic heterocycles. The average molecular weight is 339 g/mol. The van der Waals surface area contributed by atoms with E-state index in [1.165, 1.54) is 25.7 Å². The molecule has 20 heavy (non-hydrogen) atoms. The molecule has 0 amide bonds. The average Bonchev–Trinajstić information content (AvgIpc) is 2.41. The molecule has 1 atom stereocenters. The molecular weight excluding hydrogens is 316 g/mol. The van der Waals surface area contributed by atoms with Gasteiger partial charge in [0, 0.05) is 16.5 Å². The molecule has 1 N–H and O–H groups in total. The van der Waals surface area contributed by atoms with E-state index in [9.17, 15) is 5.11 Å². The Labute approximate surface area is 129 Å². The number of rotatable bonds is 2. The lowest BCUT2D eigenvalue weighted by atomic mass is 9.73. The number of fused-ring (bicyclic) bond motifs is 1. The lowest BCUT2D eigenvalue weighted by Gasteiger charge is -2.45. The predicted octanol–water partition coefficient (Wildman–Crippen LogP) is 4.99. The van der Waals surface area contributed by atoms with Gasteiger partial charge in [-0.1, -0.05) is 41.8 Å². The standard InChI is InChI=1S/C17H23BrO2/c1-2-3-12-6-8-17(9-7-12)11-15(19)14-5-4-13(18)10-16(14)20-17/h4-5,10,12,15,19H,2-3,6-9,11H2,1H3/t12?,15-,17?/m0/s1. The number of halogens is 1. The van der Waals surface area contributed by atoms with Crippen LogP contribution >= 0.6 is 15.9 Å². The topological polar surface area (TPSA) is 29.5 Å². The Morgan fingerprint density at radius 1 is 1.35 bits per heavy atom. The highest BCUT2D eigenvalue weighted by Gasteiger charge is 2.42. The maximum absolute atomic E-state index is 10.4. The zero-order chi connectivity index (χ0) is 14.2. The van der Waals surface area contributed by atoms with E-state index >= 15 is 0 Å². The fourth-order valence-corrected chi connectivity index (χ4v) is 4.16. The summed E-state index contributed by atoms with van der Waals surface area (Å²) in [5, 5.41) is 10.4. The third kappa shape index (κ3) is 2.75. The highest BCUT2D eigenvalue weighted by Crippen LogP contribution is 2.48. The van der Waals surface area contributed by atoms with E-state index in [-0.39, 0.29) is 11.7 Å². The van der Waals surface area contributed by atoms with Crippen LogP contribution < -0.4 is 4.74 Å². The number of hydrogen-bond donors (Lipinski definition) is 1. The SMILES string of the molecule is CCCC1CCC2(CC1)C[C@H](O)c1ccc(Br)cc1O2. The van der Waals surface area contributed by atoms with Crippen LogP contribution in [0.5, 0.6) is 5.75 Å². The first kappa shape index (κ1) is 14.4. The summed E-state index contributed by atoms with van der Waals surface area (Å²) < 4.78 is 7.36. The molecule has 0 saturated heterocycles. The van der Waals surface area contributed by atoms with Crippen molar-refractivity contribution in [3.8, 4) is 5.75 Å². The molecular formula is C17H23BrO2. The maximum Gasteiger partial charge on any atom is 0.127 e. The minimum Gasteiger partial charge on any atom is -0.487 e. The summed E-state index contributed by atoms with van der Waals surface area (Å²) in [5.41, 5.74) is 0.812. The zero-order valence-corrected chi connectivity index (χ0v) is 13.7. The van der Waals surface area contributed by atoms with Crippen LogP contribution in [0.4, 0.5) is 0 Å². The van der Waals surface area contributed by atoms with Crippen molar-refractivity contribution in [1.29, 1.82) is 0 Å². The van der Waals surface area contributed by atoms with Gasteiger partial charge in [-0.25, -0.2) is 0 Å². The minimum atomic E-state index is -0.380. The van der Waals surface area contributed by atoms with Crippen LogP contribution in [-0.4, -0.2) is 10.7 Å². The molecule has 1 fully saturated rings. The van der Waals surface area contributed by atoms with Gasteiger partial charge in [-0.05, 0) is 43.7 Å². The Bertz CT molecular complexity index is 478. The lowest BCUT2D eigenvalue weighted by molar-refractivity contribution is -0.0474. The van der Waals surface area contributed by atoms with Gasteiger partial charge in [0.15, 0.2) is 0 Å². The molecule has 0 radical (unpaired) electrons. The van der Waals surface area contributed by atoms with E-state index < -0.39 is 0 Å². The van der Waals surface area contributed by atoms with Gasteiger partial charge >= 0.3 is 0 Å². The molecule has 3 heteroatoms. The van der Waals surface area contributed by atoms with Crippen molar-refractivity contribution < 1.29 is 9.84 Å². The molecule has 1 spiro atoms. The molecule has 0 unspecified atom stereocenters. The summed E-state index contributed by atoms with van der Waals surface area (Å²) >= 11 is 3.49. The molecule has 1 aromatic rings. The summed E-state index contributed by atoms with van der Waals surface area (Å²) in [7, 11) is 0. The quantitative estimate of drug-likeness (QED) is 0.822. The zero-order valence-electron chi connectivity index (χ0n) is 12.1. The van der Waals surface area contributed by atoms with Gasteiger partial charge in [-0.2, -0.15) is 0 Å². The molecule has 1 saturated carbocycles. The second kappa shape index (κ2) is 5.69. The number of aliphatic hydroxyl groups is 1. The molecule has 0 bridgehead atoms. The Balaban J connectivity index is 1.77. The van der Waals surface area contributed by atoms with Gasteiger partial charge in [-0.3, -0.25) is 0 Å². The van der Waals surface area contributed by atoms with Crippen molar-refractivity contribution in [2.24, 2.45) is 5.92 Å². The van der Waals surface area contributed by atoms with Gasteiger partial charge < -0.3 is 9.84 Å². The highest BCUT2D eigenvalue weighted by atomic mass is 79.9. The Kier molecular flexibility index (Phi) is 4.09. The predicted molar refractivity (Wildman–Crippen MR) is 83.9 cm³/mol. The van der Waals surface area contributed by atoms with Crippen molar-refractivity contribution >= 4 is 15.9 Å². The number of ether oxygens (including phenoxy) is 1. The van der Waals surface area contributed by atoms with Crippen LogP contribution in [0.1, 0.15) is 63.5 Å². The monoisotopic (exact) mass is 338 g/mol. The molecule has 1 heterocycles. The van der Waals surface area contributed by atoms with Gasteiger partial charge in [-0.15, -0.1) is 0 Å². The summed E-state index contributed by atoms with van der Waals surface area (Å²) in [4.78, 5) is 0. The molecule has 2 nitrogen and oxygen atoms in total.